The highest BCUT2D eigenvalue weighted by atomic mass is 28.2. The minimum Gasteiger partial charge on any atom is -0.410 e. The number of hydrogen-bond acceptors (Lipinski definition) is 1. The third kappa shape index (κ3) is 5.92. The Bertz CT molecular complexity index is 52.0. The van der Waals surface area contributed by atoms with E-state index in [-0.39, 0.29) is 0 Å². The Labute approximate surface area is 47.3 Å². The Kier molecular flexibility index (Phi) is 4.04. The van der Waals surface area contributed by atoms with Crippen LogP contribution in [0.2, 0.25) is 0 Å². The van der Waals surface area contributed by atoms with Crippen LogP contribution in [0.15, 0.2) is 12.3 Å². The molecule has 0 amide bonds. The van der Waals surface area contributed by atoms with Gasteiger partial charge >= 0.3 is 0 Å². The summed E-state index contributed by atoms with van der Waals surface area (Å²) in [4.78, 5) is 0. The van der Waals surface area contributed by atoms with Gasteiger partial charge in [0.1, 0.15) is 0 Å². The normalized spacial score (nSPS) is 9.57. The Morgan fingerprint density at radius 1 is 1.71 bits per heavy atom. The van der Waals surface area contributed by atoms with E-state index >= 15 is 0 Å². The van der Waals surface area contributed by atoms with Crippen LogP contribution >= 0.6 is 0 Å². The first-order valence-electron chi connectivity index (χ1n) is 2.29. The van der Waals surface area contributed by atoms with E-state index in [9.17, 15) is 0 Å². The Balaban J connectivity index is 2.81. The first-order valence-corrected chi connectivity index (χ1v) is 3.28. The molecule has 0 atom stereocenters. The third-order valence-corrected chi connectivity index (χ3v) is 1.16. The van der Waals surface area contributed by atoms with Crippen molar-refractivity contribution in [1.82, 2.24) is 0 Å². The molecule has 0 N–H and O–H groups in total. The zero-order chi connectivity index (χ0) is 5.70. The monoisotopic (exact) mass is 114 g/mol. The van der Waals surface area contributed by atoms with E-state index < -0.39 is 0 Å². The molecule has 0 aliphatic carbocycles. The standard InChI is InChI=1S/C5H10OSi/c1-4-7-6-5(2)3/h4-5H,1H2,2-3H3. The molecule has 0 aliphatic rings. The maximum Gasteiger partial charge on any atom is 0.260 e. The molecule has 7 heavy (non-hydrogen) atoms. The van der Waals surface area contributed by atoms with Gasteiger partial charge in [-0.1, -0.05) is 5.70 Å². The van der Waals surface area contributed by atoms with E-state index in [1.807, 2.05) is 13.8 Å². The zero-order valence-corrected chi connectivity index (χ0v) is 5.77. The smallest absolute Gasteiger partial charge is 0.260 e. The minimum absolute atomic E-state index is 0.344. The van der Waals surface area contributed by atoms with E-state index in [1.54, 1.807) is 5.70 Å². The molecule has 2 heteroatoms. The van der Waals surface area contributed by atoms with E-state index in [1.165, 1.54) is 0 Å². The second-order valence-electron chi connectivity index (χ2n) is 1.49. The summed E-state index contributed by atoms with van der Waals surface area (Å²) in [5.41, 5.74) is 1.78. The lowest BCUT2D eigenvalue weighted by molar-refractivity contribution is 0.260. The highest BCUT2D eigenvalue weighted by molar-refractivity contribution is 6.34. The van der Waals surface area contributed by atoms with Crippen LogP contribution < -0.4 is 0 Å². The van der Waals surface area contributed by atoms with Gasteiger partial charge in [0.05, 0.1) is 0 Å². The zero-order valence-electron chi connectivity index (χ0n) is 4.77. The fourth-order valence-corrected chi connectivity index (χ4v) is 0.553. The summed E-state index contributed by atoms with van der Waals surface area (Å²) in [5.74, 6) is 0. The fraction of sp³-hybridized carbons (Fsp3) is 0.600. The van der Waals surface area contributed by atoms with Crippen molar-refractivity contribution in [3.05, 3.63) is 12.3 Å². The average molecular weight is 114 g/mol. The predicted molar refractivity (Wildman–Crippen MR) is 32.2 cm³/mol. The van der Waals surface area contributed by atoms with Crippen molar-refractivity contribution in [2.45, 2.75) is 20.0 Å². The molecular weight excluding hydrogens is 104 g/mol. The van der Waals surface area contributed by atoms with Crippen LogP contribution in [0.3, 0.4) is 0 Å². The van der Waals surface area contributed by atoms with Gasteiger partial charge in [-0.3, -0.25) is 0 Å². The van der Waals surface area contributed by atoms with Gasteiger partial charge in [-0.15, -0.1) is 6.58 Å². The molecule has 40 valence electrons. The molecule has 0 aliphatic heterocycles. The highest BCUT2D eigenvalue weighted by Crippen LogP contribution is 1.82. The quantitative estimate of drug-likeness (QED) is 0.500. The topological polar surface area (TPSA) is 9.23 Å². The van der Waals surface area contributed by atoms with Crippen molar-refractivity contribution < 1.29 is 4.43 Å². The molecule has 0 heterocycles. The van der Waals surface area contributed by atoms with Gasteiger partial charge in [-0.05, 0) is 13.8 Å². The van der Waals surface area contributed by atoms with Crippen LogP contribution in [0.4, 0.5) is 0 Å². The van der Waals surface area contributed by atoms with Crippen LogP contribution in [-0.4, -0.2) is 15.9 Å². The Hall–Kier alpha value is -0.0831. The molecule has 2 radical (unpaired) electrons. The molecule has 0 spiro atoms. The SMILES string of the molecule is C=C[Si]OC(C)C. The lowest BCUT2D eigenvalue weighted by atomic mass is 10.5. The van der Waals surface area contributed by atoms with E-state index in [2.05, 4.69) is 6.58 Å². The Morgan fingerprint density at radius 2 is 2.29 bits per heavy atom. The molecule has 0 unspecified atom stereocenters. The van der Waals surface area contributed by atoms with Crippen LogP contribution in [-0.2, 0) is 4.43 Å². The average Bonchev–Trinajstić information content (AvgIpc) is 1.61. The van der Waals surface area contributed by atoms with Crippen molar-refractivity contribution in [1.29, 1.82) is 0 Å². The summed E-state index contributed by atoms with van der Waals surface area (Å²) >= 11 is 0. The van der Waals surface area contributed by atoms with Gasteiger partial charge in [0, 0.05) is 6.10 Å². The Morgan fingerprint density at radius 3 is 2.43 bits per heavy atom. The molecule has 0 saturated carbocycles. The third-order valence-electron chi connectivity index (χ3n) is 0.387. The van der Waals surface area contributed by atoms with E-state index in [4.69, 9.17) is 4.43 Å². The van der Waals surface area contributed by atoms with Crippen molar-refractivity contribution in [3.63, 3.8) is 0 Å². The second kappa shape index (κ2) is 4.09. The first kappa shape index (κ1) is 6.92. The largest absolute Gasteiger partial charge is 0.410 e. The summed E-state index contributed by atoms with van der Waals surface area (Å²) in [6.45, 7) is 7.54. The molecule has 0 aromatic rings. The van der Waals surface area contributed by atoms with E-state index in [0.717, 1.165) is 0 Å². The molecule has 0 aromatic heterocycles. The van der Waals surface area contributed by atoms with Gasteiger partial charge < -0.3 is 4.43 Å². The van der Waals surface area contributed by atoms with E-state index in [0.29, 0.717) is 15.9 Å². The summed E-state index contributed by atoms with van der Waals surface area (Å²) in [5, 5.41) is 0. The lowest BCUT2D eigenvalue weighted by Crippen LogP contribution is -2.04. The van der Waals surface area contributed by atoms with Crippen molar-refractivity contribution in [3.8, 4) is 0 Å². The molecule has 0 bridgehead atoms. The second-order valence-corrected chi connectivity index (χ2v) is 2.37. The van der Waals surface area contributed by atoms with Crippen molar-refractivity contribution >= 4 is 9.76 Å². The molecule has 1 nitrogen and oxygen atoms in total. The van der Waals surface area contributed by atoms with Gasteiger partial charge in [0.25, 0.3) is 9.76 Å². The molecular formula is C5H10OSi. The first-order chi connectivity index (χ1) is 3.27. The molecule has 0 saturated heterocycles. The summed E-state index contributed by atoms with van der Waals surface area (Å²) < 4.78 is 5.10. The van der Waals surface area contributed by atoms with Gasteiger partial charge in [-0.2, -0.15) is 0 Å². The van der Waals surface area contributed by atoms with Crippen LogP contribution in [0.1, 0.15) is 13.8 Å². The summed E-state index contributed by atoms with van der Waals surface area (Å²) in [7, 11) is 0.459. The lowest BCUT2D eigenvalue weighted by Gasteiger charge is -2.00. The molecule has 0 fully saturated rings. The highest BCUT2D eigenvalue weighted by Gasteiger charge is 1.87. The summed E-state index contributed by atoms with van der Waals surface area (Å²) in [6.07, 6.45) is 0.344. The van der Waals surface area contributed by atoms with Crippen LogP contribution in [0.25, 0.3) is 0 Å². The summed E-state index contributed by atoms with van der Waals surface area (Å²) in [6, 6.07) is 0. The number of hydrogen-bond donors (Lipinski definition) is 0. The molecule has 0 rings (SSSR count). The fourth-order valence-electron chi connectivity index (χ4n) is 0.184. The van der Waals surface area contributed by atoms with Crippen LogP contribution in [0.5, 0.6) is 0 Å². The van der Waals surface area contributed by atoms with Gasteiger partial charge in [0.2, 0.25) is 0 Å². The van der Waals surface area contributed by atoms with Gasteiger partial charge in [0.15, 0.2) is 0 Å². The molecule has 0 aromatic carbocycles. The van der Waals surface area contributed by atoms with Crippen molar-refractivity contribution in [2.75, 3.05) is 0 Å². The maximum atomic E-state index is 5.10. The van der Waals surface area contributed by atoms with Crippen molar-refractivity contribution in [2.24, 2.45) is 0 Å². The predicted octanol–water partition coefficient (Wildman–Crippen LogP) is 1.17. The van der Waals surface area contributed by atoms with Crippen LogP contribution in [0, 0.1) is 0 Å². The van der Waals surface area contributed by atoms with Gasteiger partial charge in [-0.25, -0.2) is 0 Å². The number of rotatable bonds is 3. The minimum atomic E-state index is 0.344. The maximum absolute atomic E-state index is 5.10.